The van der Waals surface area contributed by atoms with E-state index < -0.39 is 0 Å². The molecule has 2 heterocycles. The molecule has 0 atom stereocenters. The van der Waals surface area contributed by atoms with Crippen molar-refractivity contribution in [1.29, 1.82) is 0 Å². The smallest absolute Gasteiger partial charge is 0.250 e. The largest absolute Gasteiger partial charge is 0.383 e. The minimum Gasteiger partial charge on any atom is -0.383 e. The summed E-state index contributed by atoms with van der Waals surface area (Å²) in [6, 6.07) is 5.68. The van der Waals surface area contributed by atoms with Gasteiger partial charge in [-0.25, -0.2) is 0 Å². The van der Waals surface area contributed by atoms with Gasteiger partial charge in [0.15, 0.2) is 0 Å². The predicted molar refractivity (Wildman–Crippen MR) is 103 cm³/mol. The van der Waals surface area contributed by atoms with Crippen LogP contribution in [0.1, 0.15) is 24.0 Å². The topological polar surface area (TPSA) is 76.5 Å². The quantitative estimate of drug-likeness (QED) is 0.762. The number of ether oxygens (including phenoxy) is 1. The van der Waals surface area contributed by atoms with Crippen molar-refractivity contribution in [3.8, 4) is 0 Å². The Morgan fingerprint density at radius 1 is 1.44 bits per heavy atom. The molecule has 0 fully saturated rings. The van der Waals surface area contributed by atoms with Crippen LogP contribution in [0.15, 0.2) is 43.2 Å². The number of benzene rings is 1. The molecule has 7 nitrogen and oxygen atoms in total. The van der Waals surface area contributed by atoms with Gasteiger partial charge in [-0.05, 0) is 42.7 Å². The first kappa shape index (κ1) is 18.8. The number of fused-ring (bicyclic) bond motifs is 1. The number of aryl methyl sites for hydroxylation is 1. The van der Waals surface area contributed by atoms with Gasteiger partial charge in [-0.3, -0.25) is 14.3 Å². The molecule has 1 aromatic carbocycles. The lowest BCUT2D eigenvalue weighted by atomic mass is 10.1. The second-order valence-electron chi connectivity index (χ2n) is 6.48. The summed E-state index contributed by atoms with van der Waals surface area (Å²) in [6.45, 7) is 5.25. The van der Waals surface area contributed by atoms with Crippen LogP contribution in [0.4, 0.5) is 11.4 Å². The fraction of sp³-hybridized carbons (Fsp3) is 0.350. The Hall–Kier alpha value is -2.93. The molecule has 142 valence electrons. The Kier molecular flexibility index (Phi) is 6.03. The molecule has 3 rings (SSSR count). The normalized spacial score (nSPS) is 13.4. The second kappa shape index (κ2) is 8.64. The lowest BCUT2D eigenvalue weighted by Crippen LogP contribution is -2.28. The number of carbonyl (C=O) groups is 2. The third-order valence-electron chi connectivity index (χ3n) is 4.52. The molecule has 1 aromatic heterocycles. The SMILES string of the molecule is C=CC(=O)N(Cc1cnn(CCOC)c1)c1ccc2c(c1)CCCC(=O)N2. The molecule has 0 bridgehead atoms. The summed E-state index contributed by atoms with van der Waals surface area (Å²) >= 11 is 0. The van der Waals surface area contributed by atoms with Crippen LogP contribution in [0.25, 0.3) is 0 Å². The Labute approximate surface area is 158 Å². The number of rotatable bonds is 7. The van der Waals surface area contributed by atoms with Gasteiger partial charge in [0.1, 0.15) is 0 Å². The number of anilines is 2. The van der Waals surface area contributed by atoms with Crippen molar-refractivity contribution in [2.45, 2.75) is 32.4 Å². The van der Waals surface area contributed by atoms with E-state index in [9.17, 15) is 9.59 Å². The van der Waals surface area contributed by atoms with E-state index in [2.05, 4.69) is 17.0 Å². The number of nitrogens with one attached hydrogen (secondary N) is 1. The summed E-state index contributed by atoms with van der Waals surface area (Å²) < 4.78 is 6.86. The minimum absolute atomic E-state index is 0.0315. The summed E-state index contributed by atoms with van der Waals surface area (Å²) in [7, 11) is 1.65. The maximum atomic E-state index is 12.5. The van der Waals surface area contributed by atoms with Crippen molar-refractivity contribution in [3.63, 3.8) is 0 Å². The van der Waals surface area contributed by atoms with Crippen LogP contribution < -0.4 is 10.2 Å². The maximum absolute atomic E-state index is 12.5. The van der Waals surface area contributed by atoms with Gasteiger partial charge in [0.05, 0.1) is 25.9 Å². The van der Waals surface area contributed by atoms with Crippen LogP contribution in [0.3, 0.4) is 0 Å². The maximum Gasteiger partial charge on any atom is 0.250 e. The molecule has 0 unspecified atom stereocenters. The molecule has 0 radical (unpaired) electrons. The predicted octanol–water partition coefficient (Wildman–Crippen LogP) is 2.52. The van der Waals surface area contributed by atoms with Gasteiger partial charge in [0.25, 0.3) is 5.91 Å². The lowest BCUT2D eigenvalue weighted by Gasteiger charge is -2.22. The zero-order valence-electron chi connectivity index (χ0n) is 15.5. The number of hydrogen-bond donors (Lipinski definition) is 1. The van der Waals surface area contributed by atoms with E-state index in [1.54, 1.807) is 22.9 Å². The first-order chi connectivity index (χ1) is 13.1. The summed E-state index contributed by atoms with van der Waals surface area (Å²) in [6.07, 6.45) is 7.08. The third kappa shape index (κ3) is 4.62. The molecule has 0 saturated carbocycles. The highest BCUT2D eigenvalue weighted by Crippen LogP contribution is 2.28. The Morgan fingerprint density at radius 3 is 3.07 bits per heavy atom. The monoisotopic (exact) mass is 368 g/mol. The first-order valence-corrected chi connectivity index (χ1v) is 8.97. The number of methoxy groups -OCH3 is 1. The highest BCUT2D eigenvalue weighted by molar-refractivity contribution is 6.01. The highest BCUT2D eigenvalue weighted by Gasteiger charge is 2.18. The van der Waals surface area contributed by atoms with Gasteiger partial charge in [0, 0.05) is 36.7 Å². The van der Waals surface area contributed by atoms with E-state index in [1.807, 2.05) is 24.4 Å². The van der Waals surface area contributed by atoms with Gasteiger partial charge in [-0.1, -0.05) is 6.58 Å². The van der Waals surface area contributed by atoms with Gasteiger partial charge < -0.3 is 15.0 Å². The van der Waals surface area contributed by atoms with Crippen LogP contribution in [0.2, 0.25) is 0 Å². The molecule has 27 heavy (non-hydrogen) atoms. The second-order valence-corrected chi connectivity index (χ2v) is 6.48. The average molecular weight is 368 g/mol. The van der Waals surface area contributed by atoms with Crippen LogP contribution in [0, 0.1) is 0 Å². The fourth-order valence-corrected chi connectivity index (χ4v) is 3.11. The first-order valence-electron chi connectivity index (χ1n) is 8.97. The van der Waals surface area contributed by atoms with Crippen LogP contribution >= 0.6 is 0 Å². The zero-order valence-corrected chi connectivity index (χ0v) is 15.5. The van der Waals surface area contributed by atoms with Crippen molar-refractivity contribution in [3.05, 3.63) is 54.4 Å². The standard InChI is InChI=1S/C20H24N4O3/c1-3-20(26)24(14-15-12-21-23(13-15)9-10-27-2)17-7-8-18-16(11-17)5-4-6-19(25)22-18/h3,7-8,11-13H,1,4-6,9-10,14H2,2H3,(H,22,25). The molecule has 7 heteroatoms. The minimum atomic E-state index is -0.183. The third-order valence-corrected chi connectivity index (χ3v) is 4.52. The lowest BCUT2D eigenvalue weighted by molar-refractivity contribution is -0.116. The number of carbonyl (C=O) groups excluding carboxylic acids is 2. The van der Waals surface area contributed by atoms with E-state index in [1.165, 1.54) is 6.08 Å². The van der Waals surface area contributed by atoms with E-state index in [0.717, 1.165) is 35.3 Å². The average Bonchev–Trinajstić information content (AvgIpc) is 3.03. The molecule has 0 spiro atoms. The summed E-state index contributed by atoms with van der Waals surface area (Å²) in [5.41, 5.74) is 3.56. The molecule has 0 aliphatic carbocycles. The number of aromatic nitrogens is 2. The molecule has 2 amide bonds. The van der Waals surface area contributed by atoms with Crippen LogP contribution in [-0.2, 0) is 33.8 Å². The van der Waals surface area contributed by atoms with Crippen molar-refractivity contribution in [2.24, 2.45) is 0 Å². The Balaban J connectivity index is 1.84. The van der Waals surface area contributed by atoms with Crippen molar-refractivity contribution >= 4 is 23.2 Å². The number of hydrogen-bond acceptors (Lipinski definition) is 4. The van der Waals surface area contributed by atoms with Gasteiger partial charge >= 0.3 is 0 Å². The zero-order chi connectivity index (χ0) is 19.2. The summed E-state index contributed by atoms with van der Waals surface area (Å²) in [4.78, 5) is 25.9. The van der Waals surface area contributed by atoms with Crippen molar-refractivity contribution < 1.29 is 14.3 Å². The van der Waals surface area contributed by atoms with E-state index in [0.29, 0.717) is 26.1 Å². The van der Waals surface area contributed by atoms with Gasteiger partial charge in [-0.2, -0.15) is 5.10 Å². The van der Waals surface area contributed by atoms with E-state index in [4.69, 9.17) is 4.74 Å². The molecule has 1 N–H and O–H groups in total. The van der Waals surface area contributed by atoms with Crippen LogP contribution in [-0.4, -0.2) is 35.3 Å². The molecule has 0 saturated heterocycles. The van der Waals surface area contributed by atoms with Crippen LogP contribution in [0.5, 0.6) is 0 Å². The van der Waals surface area contributed by atoms with Gasteiger partial charge in [-0.15, -0.1) is 0 Å². The fourth-order valence-electron chi connectivity index (χ4n) is 3.11. The van der Waals surface area contributed by atoms with Crippen molar-refractivity contribution in [2.75, 3.05) is 23.9 Å². The molecule has 1 aliphatic heterocycles. The molecule has 1 aliphatic rings. The van der Waals surface area contributed by atoms with Gasteiger partial charge in [0.2, 0.25) is 5.91 Å². The molecule has 2 aromatic rings. The summed E-state index contributed by atoms with van der Waals surface area (Å²) in [5.74, 6) is -0.152. The summed E-state index contributed by atoms with van der Waals surface area (Å²) in [5, 5.41) is 7.22. The number of nitrogens with zero attached hydrogens (tertiary/aromatic N) is 3. The Bertz CT molecular complexity index is 844. The number of amides is 2. The Morgan fingerprint density at radius 2 is 2.30 bits per heavy atom. The van der Waals surface area contributed by atoms with E-state index in [-0.39, 0.29) is 11.8 Å². The highest BCUT2D eigenvalue weighted by atomic mass is 16.5. The molecular weight excluding hydrogens is 344 g/mol. The van der Waals surface area contributed by atoms with E-state index >= 15 is 0 Å². The molecular formula is C20H24N4O3. The van der Waals surface area contributed by atoms with Crippen molar-refractivity contribution in [1.82, 2.24) is 9.78 Å².